The SMILES string of the molecule is CCOCCCNc1nc(-c2ccc(C)cc2)cc(C(F)(F)F)n1. The zero-order valence-corrected chi connectivity index (χ0v) is 13.7. The number of hydrogen-bond donors (Lipinski definition) is 1. The molecule has 0 spiro atoms. The van der Waals surface area contributed by atoms with Crippen LogP contribution < -0.4 is 5.32 Å². The first kappa shape index (κ1) is 18.2. The number of alkyl halides is 3. The van der Waals surface area contributed by atoms with Crippen LogP contribution in [0.15, 0.2) is 30.3 Å². The zero-order valence-electron chi connectivity index (χ0n) is 13.7. The minimum atomic E-state index is -4.52. The molecule has 0 unspecified atom stereocenters. The van der Waals surface area contributed by atoms with Crippen LogP contribution in [-0.2, 0) is 10.9 Å². The third-order valence-electron chi connectivity index (χ3n) is 3.32. The fourth-order valence-electron chi connectivity index (χ4n) is 2.06. The number of ether oxygens (including phenoxy) is 1. The molecule has 0 aliphatic carbocycles. The predicted molar refractivity (Wildman–Crippen MR) is 86.8 cm³/mol. The second kappa shape index (κ2) is 8.10. The van der Waals surface area contributed by atoms with Crippen LogP contribution in [0.3, 0.4) is 0 Å². The Kier molecular flexibility index (Phi) is 6.14. The molecular weight excluding hydrogens is 319 g/mol. The van der Waals surface area contributed by atoms with E-state index in [4.69, 9.17) is 4.74 Å². The van der Waals surface area contributed by atoms with E-state index in [1.165, 1.54) is 0 Å². The second-order valence-electron chi connectivity index (χ2n) is 5.30. The molecule has 1 aromatic heterocycles. The lowest BCUT2D eigenvalue weighted by Gasteiger charge is -2.12. The van der Waals surface area contributed by atoms with Crippen LogP contribution in [0.4, 0.5) is 19.1 Å². The summed E-state index contributed by atoms with van der Waals surface area (Å²) in [5.74, 6) is -0.0306. The highest BCUT2D eigenvalue weighted by atomic mass is 19.4. The minimum Gasteiger partial charge on any atom is -0.382 e. The van der Waals surface area contributed by atoms with Crippen LogP contribution in [0.1, 0.15) is 24.6 Å². The molecule has 1 heterocycles. The first-order valence-corrected chi connectivity index (χ1v) is 7.75. The smallest absolute Gasteiger partial charge is 0.382 e. The number of nitrogens with one attached hydrogen (secondary N) is 1. The average molecular weight is 339 g/mol. The van der Waals surface area contributed by atoms with E-state index in [1.807, 2.05) is 26.0 Å². The van der Waals surface area contributed by atoms with E-state index in [0.717, 1.165) is 11.6 Å². The van der Waals surface area contributed by atoms with Gasteiger partial charge in [0.1, 0.15) is 0 Å². The van der Waals surface area contributed by atoms with E-state index in [1.54, 1.807) is 12.1 Å². The van der Waals surface area contributed by atoms with E-state index in [2.05, 4.69) is 15.3 Å². The normalized spacial score (nSPS) is 11.5. The third kappa shape index (κ3) is 5.19. The van der Waals surface area contributed by atoms with Crippen molar-refractivity contribution in [3.05, 3.63) is 41.6 Å². The third-order valence-corrected chi connectivity index (χ3v) is 3.32. The van der Waals surface area contributed by atoms with Crippen molar-refractivity contribution in [1.82, 2.24) is 9.97 Å². The molecule has 2 aromatic rings. The first-order chi connectivity index (χ1) is 11.4. The van der Waals surface area contributed by atoms with Crippen molar-refractivity contribution in [2.24, 2.45) is 0 Å². The van der Waals surface area contributed by atoms with Gasteiger partial charge in [-0.1, -0.05) is 29.8 Å². The summed E-state index contributed by atoms with van der Waals surface area (Å²) in [7, 11) is 0. The van der Waals surface area contributed by atoms with Gasteiger partial charge in [0.15, 0.2) is 5.69 Å². The molecule has 0 aliphatic heterocycles. The lowest BCUT2D eigenvalue weighted by Crippen LogP contribution is -2.14. The van der Waals surface area contributed by atoms with Crippen molar-refractivity contribution in [3.63, 3.8) is 0 Å². The first-order valence-electron chi connectivity index (χ1n) is 7.75. The van der Waals surface area contributed by atoms with E-state index >= 15 is 0 Å². The average Bonchev–Trinajstić information content (AvgIpc) is 2.54. The molecule has 0 atom stereocenters. The molecule has 0 amide bonds. The highest BCUT2D eigenvalue weighted by Crippen LogP contribution is 2.31. The molecule has 130 valence electrons. The number of halogens is 3. The Labute approximate surface area is 139 Å². The Morgan fingerprint density at radius 2 is 1.83 bits per heavy atom. The number of aromatic nitrogens is 2. The topological polar surface area (TPSA) is 47.0 Å². The van der Waals surface area contributed by atoms with Gasteiger partial charge in [-0.05, 0) is 26.3 Å². The predicted octanol–water partition coefficient (Wildman–Crippen LogP) is 4.31. The molecule has 1 N–H and O–H groups in total. The van der Waals surface area contributed by atoms with Crippen LogP contribution in [0.5, 0.6) is 0 Å². The maximum absolute atomic E-state index is 13.1. The Morgan fingerprint density at radius 3 is 2.46 bits per heavy atom. The summed E-state index contributed by atoms with van der Waals surface area (Å²) in [5.41, 5.74) is 0.925. The highest BCUT2D eigenvalue weighted by Gasteiger charge is 2.33. The molecule has 7 heteroatoms. The van der Waals surface area contributed by atoms with E-state index in [9.17, 15) is 13.2 Å². The van der Waals surface area contributed by atoms with Crippen molar-refractivity contribution in [1.29, 1.82) is 0 Å². The molecule has 0 bridgehead atoms. The summed E-state index contributed by atoms with van der Waals surface area (Å²) in [4.78, 5) is 7.78. The van der Waals surface area contributed by atoms with Crippen molar-refractivity contribution in [2.75, 3.05) is 25.1 Å². The van der Waals surface area contributed by atoms with Crippen molar-refractivity contribution >= 4 is 5.95 Å². The standard InChI is InChI=1S/C17H20F3N3O/c1-3-24-10-4-9-21-16-22-14(11-15(23-16)17(18,19)20)13-7-5-12(2)6-8-13/h5-8,11H,3-4,9-10H2,1-2H3,(H,21,22,23). The monoisotopic (exact) mass is 339 g/mol. The van der Waals surface area contributed by atoms with Gasteiger partial charge in [-0.3, -0.25) is 0 Å². The molecule has 0 saturated heterocycles. The van der Waals surface area contributed by atoms with Crippen LogP contribution in [0, 0.1) is 6.92 Å². The van der Waals surface area contributed by atoms with Gasteiger partial charge in [0.2, 0.25) is 5.95 Å². The number of aryl methyl sites for hydroxylation is 1. The quantitative estimate of drug-likeness (QED) is 0.764. The maximum atomic E-state index is 13.1. The van der Waals surface area contributed by atoms with Crippen molar-refractivity contribution < 1.29 is 17.9 Å². The largest absolute Gasteiger partial charge is 0.433 e. The van der Waals surface area contributed by atoms with Crippen molar-refractivity contribution in [3.8, 4) is 11.3 Å². The summed E-state index contributed by atoms with van der Waals surface area (Å²) in [6, 6.07) is 8.13. The van der Waals surface area contributed by atoms with Gasteiger partial charge < -0.3 is 10.1 Å². The number of anilines is 1. The second-order valence-corrected chi connectivity index (χ2v) is 5.30. The van der Waals surface area contributed by atoms with Gasteiger partial charge in [-0.15, -0.1) is 0 Å². The summed E-state index contributed by atoms with van der Waals surface area (Å²) >= 11 is 0. The number of nitrogens with zero attached hydrogens (tertiary/aromatic N) is 2. The van der Waals surface area contributed by atoms with E-state index in [-0.39, 0.29) is 11.6 Å². The summed E-state index contributed by atoms with van der Waals surface area (Å²) in [5, 5.41) is 2.84. The van der Waals surface area contributed by atoms with Gasteiger partial charge >= 0.3 is 6.18 Å². The molecular formula is C17H20F3N3O. The molecule has 0 aliphatic rings. The minimum absolute atomic E-state index is 0.0306. The summed E-state index contributed by atoms with van der Waals surface area (Å²) in [6.45, 7) is 5.38. The Bertz CT molecular complexity index is 657. The van der Waals surface area contributed by atoms with E-state index < -0.39 is 11.9 Å². The lowest BCUT2D eigenvalue weighted by atomic mass is 10.1. The Balaban J connectivity index is 2.23. The highest BCUT2D eigenvalue weighted by molar-refractivity contribution is 5.61. The fourth-order valence-corrected chi connectivity index (χ4v) is 2.06. The van der Waals surface area contributed by atoms with E-state index in [0.29, 0.717) is 31.7 Å². The van der Waals surface area contributed by atoms with Gasteiger partial charge in [-0.2, -0.15) is 13.2 Å². The van der Waals surface area contributed by atoms with Gasteiger partial charge in [0.05, 0.1) is 5.69 Å². The Hall–Kier alpha value is -2.15. The number of hydrogen-bond acceptors (Lipinski definition) is 4. The van der Waals surface area contributed by atoms with Crippen LogP contribution >= 0.6 is 0 Å². The molecule has 24 heavy (non-hydrogen) atoms. The van der Waals surface area contributed by atoms with Gasteiger partial charge in [-0.25, -0.2) is 9.97 Å². The molecule has 0 saturated carbocycles. The fraction of sp³-hybridized carbons (Fsp3) is 0.412. The lowest BCUT2D eigenvalue weighted by molar-refractivity contribution is -0.141. The van der Waals surface area contributed by atoms with Gasteiger partial charge in [0, 0.05) is 25.3 Å². The molecule has 0 fully saturated rings. The Morgan fingerprint density at radius 1 is 1.12 bits per heavy atom. The molecule has 2 rings (SSSR count). The van der Waals surface area contributed by atoms with Crippen LogP contribution in [-0.4, -0.2) is 29.7 Å². The van der Waals surface area contributed by atoms with Gasteiger partial charge in [0.25, 0.3) is 0 Å². The maximum Gasteiger partial charge on any atom is 0.433 e. The molecule has 4 nitrogen and oxygen atoms in total. The van der Waals surface area contributed by atoms with Crippen LogP contribution in [0.25, 0.3) is 11.3 Å². The number of rotatable bonds is 7. The number of benzene rings is 1. The summed E-state index contributed by atoms with van der Waals surface area (Å²) in [6.07, 6.45) is -3.86. The molecule has 0 radical (unpaired) electrons. The molecule has 1 aromatic carbocycles. The summed E-state index contributed by atoms with van der Waals surface area (Å²) < 4.78 is 44.4. The van der Waals surface area contributed by atoms with Crippen LogP contribution in [0.2, 0.25) is 0 Å². The van der Waals surface area contributed by atoms with Crippen molar-refractivity contribution in [2.45, 2.75) is 26.4 Å². The zero-order chi connectivity index (χ0) is 17.6.